The number of ketones is 1. The highest BCUT2D eigenvalue weighted by molar-refractivity contribution is 8.00. The first kappa shape index (κ1) is 62.9. The monoisotopic (exact) mass is 1130 g/mol. The lowest BCUT2D eigenvalue weighted by atomic mass is 9.70. The number of esters is 3. The van der Waals surface area contributed by atoms with E-state index < -0.39 is 125 Å². The second kappa shape index (κ2) is 26.7. The van der Waals surface area contributed by atoms with Gasteiger partial charge >= 0.3 is 24.1 Å². The number of ether oxygens (including phenoxy) is 11. The third kappa shape index (κ3) is 14.0. The summed E-state index contributed by atoms with van der Waals surface area (Å²) in [7, 11) is 6.85. The molecule has 80 heavy (non-hydrogen) atoms. The lowest BCUT2D eigenvalue weighted by Gasteiger charge is -2.50. The number of methoxy groups -OCH3 is 2. The highest BCUT2D eigenvalue weighted by Gasteiger charge is 2.62. The van der Waals surface area contributed by atoms with E-state index in [2.05, 4.69) is 0 Å². The number of benzene rings is 2. The summed E-state index contributed by atoms with van der Waals surface area (Å²) in [5.41, 5.74) is -1.45. The number of fused-ring (bicyclic) bond motifs is 2. The Morgan fingerprint density at radius 1 is 0.787 bits per heavy atom. The van der Waals surface area contributed by atoms with Crippen LogP contribution in [0, 0.1) is 29.6 Å². The number of rotatable bonds is 16. The van der Waals surface area contributed by atoms with Crippen LogP contribution in [0.25, 0.3) is 10.9 Å². The maximum absolute atomic E-state index is 15.4. The first-order chi connectivity index (χ1) is 37.9. The van der Waals surface area contributed by atoms with Crippen LogP contribution in [0.3, 0.4) is 0 Å². The first-order valence-electron chi connectivity index (χ1n) is 28.2. The molecular weight excluding hydrogens is 1050 g/mol. The Bertz CT molecular complexity index is 2610. The van der Waals surface area contributed by atoms with E-state index in [4.69, 9.17) is 57.1 Å². The molecule has 0 unspecified atom stereocenters. The maximum atomic E-state index is 15.4. The number of likely N-dealkylation sites (N-methyl/N-ethyl adjacent to an activating group) is 1. The molecule has 0 aliphatic carbocycles. The fourth-order valence-electron chi connectivity index (χ4n) is 12.8. The Labute approximate surface area is 476 Å². The van der Waals surface area contributed by atoms with Gasteiger partial charge in [0.1, 0.15) is 29.3 Å². The molecule has 4 aliphatic heterocycles. The van der Waals surface area contributed by atoms with Crippen molar-refractivity contribution in [2.24, 2.45) is 29.6 Å². The smallest absolute Gasteiger partial charge is 0.458 e. The largest absolute Gasteiger partial charge is 0.509 e. The van der Waals surface area contributed by atoms with Gasteiger partial charge < -0.3 is 57.0 Å². The molecule has 5 heterocycles. The molecule has 0 saturated carbocycles. The van der Waals surface area contributed by atoms with Gasteiger partial charge in [0.2, 0.25) is 0 Å². The van der Waals surface area contributed by atoms with Gasteiger partial charge in [-0.25, -0.2) is 4.79 Å². The highest BCUT2D eigenvalue weighted by atomic mass is 32.2. The molecule has 4 aliphatic rings. The van der Waals surface area contributed by atoms with E-state index in [0.29, 0.717) is 18.6 Å². The van der Waals surface area contributed by atoms with Crippen LogP contribution in [0.1, 0.15) is 113 Å². The van der Waals surface area contributed by atoms with Gasteiger partial charge in [-0.05, 0) is 105 Å². The van der Waals surface area contributed by atoms with E-state index in [1.165, 1.54) is 25.8 Å². The number of Topliss-reactive ketones (excluding diaryl/α,β-unsaturated/α-hetero) is 1. The van der Waals surface area contributed by atoms with E-state index in [0.717, 1.165) is 22.2 Å². The topological polar surface area (TPSA) is 203 Å². The van der Waals surface area contributed by atoms with Crippen LogP contribution in [-0.4, -0.2) is 157 Å². The van der Waals surface area contributed by atoms with Crippen LogP contribution in [0.2, 0.25) is 0 Å². The summed E-state index contributed by atoms with van der Waals surface area (Å²) in [4.78, 5) is 78.1. The van der Waals surface area contributed by atoms with E-state index in [9.17, 15) is 14.4 Å². The zero-order valence-corrected chi connectivity index (χ0v) is 50.2. The number of aryl methyl sites for hydroxylation is 1. The summed E-state index contributed by atoms with van der Waals surface area (Å²) < 4.78 is 70.8. The molecule has 7 rings (SSSR count). The van der Waals surface area contributed by atoms with Gasteiger partial charge in [0, 0.05) is 62.3 Å². The average molecular weight is 1140 g/mol. The minimum absolute atomic E-state index is 0.00617. The van der Waals surface area contributed by atoms with Crippen LogP contribution < -0.4 is 0 Å². The highest BCUT2D eigenvalue weighted by Crippen LogP contribution is 2.50. The molecule has 1 aromatic heterocycles. The molecule has 0 radical (unpaired) electrons. The number of hydrogen-bond donors (Lipinski definition) is 0. The number of para-hydroxylation sites is 1. The van der Waals surface area contributed by atoms with Crippen LogP contribution in [-0.2, 0) is 84.3 Å². The summed E-state index contributed by atoms with van der Waals surface area (Å²) in [6, 6.07) is 20.8. The fourth-order valence-corrected chi connectivity index (χ4v) is 14.3. The molecule has 2 aromatic carbocycles. The fraction of sp³-hybridized carbons (Fsp3) is 0.672. The summed E-state index contributed by atoms with van der Waals surface area (Å²) >= 11 is 1.42. The number of hydrogen-bond acceptors (Lipinski definition) is 19. The van der Waals surface area contributed by atoms with Gasteiger partial charge in [-0.2, -0.15) is 0 Å². The predicted octanol–water partition coefficient (Wildman–Crippen LogP) is 9.08. The Morgan fingerprint density at radius 3 is 2.12 bits per heavy atom. The predicted molar refractivity (Wildman–Crippen MR) is 299 cm³/mol. The summed E-state index contributed by atoms with van der Waals surface area (Å²) in [6.45, 7) is 19.5. The van der Waals surface area contributed by atoms with Crippen molar-refractivity contribution >= 4 is 52.5 Å². The van der Waals surface area contributed by atoms with Gasteiger partial charge in [0.25, 0.3) is 0 Å². The van der Waals surface area contributed by atoms with Crippen LogP contribution >= 0.6 is 11.8 Å². The molecule has 4 saturated heterocycles. The lowest BCUT2D eigenvalue weighted by molar-refractivity contribution is -0.320. The SMILES string of the molecule is CC[C@H]1OC(=O)[C@H](C)[C@@H](O[C@H]2C[C@@](C)(OC)[C@@H](OC(=O)OCc3ccccc3)[C@H](C)O2)[C@H](C)[C@@H](O[C@@H]2O[C@H](C)C[C@H](N(C)C)[C@H]2OC(C)=O)[C@](C)(OC)C[C@@H](C)C(=O)[C@H](C)[C@H]2[C@H](SCCc3ccc4ccccc4n3)C(=O)O[C@@]21C. The Hall–Kier alpha value is -4.73. The number of pyridine rings is 1. The Morgan fingerprint density at radius 2 is 1.46 bits per heavy atom. The van der Waals surface area contributed by atoms with Crippen LogP contribution in [0.15, 0.2) is 66.7 Å². The molecule has 0 spiro atoms. The van der Waals surface area contributed by atoms with Crippen LogP contribution in [0.5, 0.6) is 0 Å². The van der Waals surface area contributed by atoms with Gasteiger partial charge in [0.05, 0.1) is 47.5 Å². The second-order valence-corrected chi connectivity index (χ2v) is 24.6. The molecule has 0 bridgehead atoms. The molecule has 0 amide bonds. The normalized spacial score (nSPS) is 37.3. The second-order valence-electron chi connectivity index (χ2n) is 23.3. The third-order valence-electron chi connectivity index (χ3n) is 17.2. The van der Waals surface area contributed by atoms with Gasteiger partial charge in [-0.15, -0.1) is 11.8 Å². The molecule has 3 aromatic rings. The molecule has 19 atom stereocenters. The third-order valence-corrected chi connectivity index (χ3v) is 18.5. The lowest BCUT2D eigenvalue weighted by Crippen LogP contribution is -2.62. The van der Waals surface area contributed by atoms with Crippen molar-refractivity contribution in [3.63, 3.8) is 0 Å². The van der Waals surface area contributed by atoms with E-state index >= 15 is 9.59 Å². The van der Waals surface area contributed by atoms with Gasteiger partial charge in [-0.3, -0.25) is 24.2 Å². The van der Waals surface area contributed by atoms with Crippen molar-refractivity contribution < 1.29 is 76.1 Å². The number of carbonyl (C=O) groups excluding carboxylic acids is 5. The molecule has 442 valence electrons. The maximum Gasteiger partial charge on any atom is 0.509 e. The Kier molecular flexibility index (Phi) is 21.0. The van der Waals surface area contributed by atoms with Crippen molar-refractivity contribution in [3.8, 4) is 0 Å². The van der Waals surface area contributed by atoms with Gasteiger partial charge in [-0.1, -0.05) is 82.3 Å². The van der Waals surface area contributed by atoms with Crippen molar-refractivity contribution in [3.05, 3.63) is 78.0 Å². The zero-order chi connectivity index (χ0) is 58.4. The van der Waals surface area contributed by atoms with Crippen molar-refractivity contribution in [2.45, 2.75) is 198 Å². The number of thioether (sulfide) groups is 1. The van der Waals surface area contributed by atoms with Crippen molar-refractivity contribution in [1.29, 1.82) is 0 Å². The molecule has 18 nitrogen and oxygen atoms in total. The number of nitrogens with zero attached hydrogens (tertiary/aromatic N) is 2. The molecular formula is C61H86N2O16S. The molecule has 19 heteroatoms. The minimum atomic E-state index is -1.43. The standard InChI is InChI=1S/C61H86N2O16S/c1-16-46-61(11)48(52(56(67)79-61)80-29-28-43-27-26-42-24-20-21-25-44(42)62-43)36(4)49(65)34(2)31-59(9,69-14)53(77-57-51(74-40(8)64)45(63(12)13)30-35(3)72-57)37(5)50(38(6)55(66)75-46)76-47-32-60(10,70-15)54(39(7)73-47)78-58(68)71-33-41-22-18-17-19-23-41/h17-27,34-39,45-48,50-54,57H,16,28-33H2,1-15H3/t34-,35-,36-,37+,38-,39+,45+,46-,47+,48+,50+,51-,52+,53-,54+,57+,59-,60-,61-/m1/s1. The molecule has 4 fully saturated rings. The zero-order valence-electron chi connectivity index (χ0n) is 49.4. The Balaban J connectivity index is 1.26. The minimum Gasteiger partial charge on any atom is -0.458 e. The van der Waals surface area contributed by atoms with Gasteiger partial charge in [0.15, 0.2) is 30.4 Å². The van der Waals surface area contributed by atoms with Crippen molar-refractivity contribution in [2.75, 3.05) is 34.1 Å². The first-order valence-corrected chi connectivity index (χ1v) is 29.3. The van der Waals surface area contributed by atoms with Crippen LogP contribution in [0.4, 0.5) is 4.79 Å². The quantitative estimate of drug-likeness (QED) is 0.0969. The number of carbonyl (C=O) groups is 5. The van der Waals surface area contributed by atoms with E-state index in [1.54, 1.807) is 34.8 Å². The van der Waals surface area contributed by atoms with E-state index in [-0.39, 0.29) is 43.8 Å². The number of aromatic nitrogens is 1. The summed E-state index contributed by atoms with van der Waals surface area (Å²) in [5, 5.41) is 0.230. The summed E-state index contributed by atoms with van der Waals surface area (Å²) in [6.07, 6.45) is -7.87. The number of cyclic esters (lactones) is 1. The average Bonchev–Trinajstić information content (AvgIpc) is 3.95. The summed E-state index contributed by atoms with van der Waals surface area (Å²) in [5.74, 6) is -5.43. The van der Waals surface area contributed by atoms with E-state index in [1.807, 2.05) is 127 Å². The molecule has 0 N–H and O–H groups in total. The van der Waals surface area contributed by atoms with Crippen molar-refractivity contribution in [1.82, 2.24) is 9.88 Å².